The molecule has 0 amide bonds. The normalized spacial score (nSPS) is 19.1. The van der Waals surface area contributed by atoms with Gasteiger partial charge in [0, 0.05) is 6.07 Å². The zero-order chi connectivity index (χ0) is 12.8. The average Bonchev–Trinajstić information content (AvgIpc) is 2.09. The molecule has 17 heavy (non-hydrogen) atoms. The molecule has 0 radical (unpaired) electrons. The Balaban J connectivity index is 2.14. The highest BCUT2D eigenvalue weighted by molar-refractivity contribution is 6.29. The number of anilines is 1. The maximum atomic E-state index is 12.4. The molecule has 94 valence electrons. The van der Waals surface area contributed by atoms with E-state index in [4.69, 9.17) is 11.6 Å². The van der Waals surface area contributed by atoms with E-state index in [9.17, 15) is 18.3 Å². The van der Waals surface area contributed by atoms with E-state index in [1.54, 1.807) is 6.92 Å². The minimum Gasteiger partial charge on any atom is -0.378 e. The van der Waals surface area contributed by atoms with E-state index in [1.165, 1.54) is 11.0 Å². The van der Waals surface area contributed by atoms with Crippen LogP contribution in [-0.2, 0) is 0 Å². The number of alkyl halides is 3. The zero-order valence-electron chi connectivity index (χ0n) is 8.79. The Hall–Kier alpha value is -1.08. The molecule has 0 aromatic carbocycles. The molecule has 2 rings (SSSR count). The van der Waals surface area contributed by atoms with Crippen molar-refractivity contribution in [3.63, 3.8) is 0 Å². The van der Waals surface area contributed by atoms with E-state index in [-0.39, 0.29) is 11.0 Å². The van der Waals surface area contributed by atoms with Crippen molar-refractivity contribution in [2.75, 3.05) is 18.0 Å². The van der Waals surface area contributed by atoms with Crippen LogP contribution in [0.2, 0.25) is 5.15 Å². The Kier molecular flexibility index (Phi) is 2.70. The van der Waals surface area contributed by atoms with Crippen molar-refractivity contribution in [2.45, 2.75) is 18.7 Å². The van der Waals surface area contributed by atoms with Crippen LogP contribution >= 0.6 is 11.6 Å². The SMILES string of the molecule is Cc1nc(Cl)cc(N2CC(O)(C(F)(F)F)C2)n1. The molecule has 2 heterocycles. The molecule has 1 aromatic heterocycles. The molecular formula is C9H9ClF3N3O. The van der Waals surface area contributed by atoms with Gasteiger partial charge in [-0.3, -0.25) is 0 Å². The van der Waals surface area contributed by atoms with Gasteiger partial charge in [0.15, 0.2) is 5.60 Å². The van der Waals surface area contributed by atoms with Crippen LogP contribution in [0, 0.1) is 6.92 Å². The topological polar surface area (TPSA) is 49.2 Å². The summed E-state index contributed by atoms with van der Waals surface area (Å²) in [6.45, 7) is 0.512. The predicted molar refractivity (Wildman–Crippen MR) is 55.0 cm³/mol. The Bertz CT molecular complexity index is 425. The quantitative estimate of drug-likeness (QED) is 0.785. The van der Waals surface area contributed by atoms with Crippen LogP contribution in [0.25, 0.3) is 0 Å². The minimum atomic E-state index is -4.63. The molecular weight excluding hydrogens is 259 g/mol. The lowest BCUT2D eigenvalue weighted by molar-refractivity contribution is -0.267. The first-order valence-electron chi connectivity index (χ1n) is 4.76. The summed E-state index contributed by atoms with van der Waals surface area (Å²) < 4.78 is 37.2. The second-order valence-corrected chi connectivity index (χ2v) is 4.37. The van der Waals surface area contributed by atoms with E-state index in [1.807, 2.05) is 0 Å². The van der Waals surface area contributed by atoms with Crippen molar-refractivity contribution < 1.29 is 18.3 Å². The van der Waals surface area contributed by atoms with Crippen LogP contribution in [0.4, 0.5) is 19.0 Å². The summed E-state index contributed by atoms with van der Waals surface area (Å²) in [6, 6.07) is 1.37. The van der Waals surface area contributed by atoms with Gasteiger partial charge in [0.2, 0.25) is 0 Å². The van der Waals surface area contributed by atoms with Gasteiger partial charge >= 0.3 is 6.18 Å². The lowest BCUT2D eigenvalue weighted by Gasteiger charge is -2.47. The molecule has 0 aliphatic carbocycles. The van der Waals surface area contributed by atoms with Gasteiger partial charge in [-0.05, 0) is 6.92 Å². The molecule has 1 aliphatic rings. The predicted octanol–water partition coefficient (Wildman–Crippen LogP) is 1.55. The molecule has 0 unspecified atom stereocenters. The van der Waals surface area contributed by atoms with Crippen molar-refractivity contribution in [2.24, 2.45) is 0 Å². The standard InChI is InChI=1S/C9H9ClF3N3O/c1-5-14-6(10)2-7(15-5)16-3-8(17,4-16)9(11,12)13/h2,17H,3-4H2,1H3. The molecule has 0 bridgehead atoms. The van der Waals surface area contributed by atoms with Crippen molar-refractivity contribution in [1.29, 1.82) is 0 Å². The van der Waals surface area contributed by atoms with Crippen molar-refractivity contribution in [3.05, 3.63) is 17.0 Å². The van der Waals surface area contributed by atoms with Crippen LogP contribution in [0.1, 0.15) is 5.82 Å². The summed E-state index contributed by atoms with van der Waals surface area (Å²) in [5.41, 5.74) is -2.65. The van der Waals surface area contributed by atoms with Crippen molar-refractivity contribution >= 4 is 17.4 Å². The Morgan fingerprint density at radius 3 is 2.47 bits per heavy atom. The lowest BCUT2D eigenvalue weighted by atomic mass is 9.93. The molecule has 0 saturated carbocycles. The number of nitrogens with zero attached hydrogens (tertiary/aromatic N) is 3. The van der Waals surface area contributed by atoms with Gasteiger partial charge in [-0.1, -0.05) is 11.6 Å². The molecule has 0 spiro atoms. The second-order valence-electron chi connectivity index (χ2n) is 3.98. The van der Waals surface area contributed by atoms with Gasteiger partial charge in [0.25, 0.3) is 0 Å². The van der Waals surface area contributed by atoms with Crippen LogP contribution < -0.4 is 4.90 Å². The largest absolute Gasteiger partial charge is 0.420 e. The van der Waals surface area contributed by atoms with Gasteiger partial charge in [0.05, 0.1) is 13.1 Å². The number of hydrogen-bond donors (Lipinski definition) is 1. The van der Waals surface area contributed by atoms with Crippen molar-refractivity contribution in [3.8, 4) is 0 Å². The van der Waals surface area contributed by atoms with E-state index >= 15 is 0 Å². The Labute approximate surface area is 100 Å². The lowest BCUT2D eigenvalue weighted by Crippen LogP contribution is -2.69. The molecule has 1 saturated heterocycles. The van der Waals surface area contributed by atoms with Gasteiger partial charge in [-0.2, -0.15) is 13.2 Å². The van der Waals surface area contributed by atoms with Crippen LogP contribution in [0.3, 0.4) is 0 Å². The van der Waals surface area contributed by atoms with Gasteiger partial charge in [-0.25, -0.2) is 9.97 Å². The third kappa shape index (κ3) is 2.16. The summed E-state index contributed by atoms with van der Waals surface area (Å²) in [5.74, 6) is 0.659. The first-order chi connectivity index (χ1) is 7.71. The average molecular weight is 268 g/mol. The molecule has 0 atom stereocenters. The minimum absolute atomic E-state index is 0.162. The van der Waals surface area contributed by atoms with E-state index in [0.717, 1.165) is 0 Å². The molecule has 1 aromatic rings. The van der Waals surface area contributed by atoms with E-state index < -0.39 is 24.9 Å². The maximum absolute atomic E-state index is 12.4. The summed E-state index contributed by atoms with van der Waals surface area (Å²) in [5, 5.41) is 9.44. The van der Waals surface area contributed by atoms with E-state index in [0.29, 0.717) is 5.82 Å². The van der Waals surface area contributed by atoms with Crippen LogP contribution in [0.5, 0.6) is 0 Å². The molecule has 4 nitrogen and oxygen atoms in total. The Morgan fingerprint density at radius 2 is 2.00 bits per heavy atom. The summed E-state index contributed by atoms with van der Waals surface area (Å²) in [6.07, 6.45) is -4.63. The van der Waals surface area contributed by atoms with Crippen molar-refractivity contribution in [1.82, 2.24) is 9.97 Å². The fourth-order valence-electron chi connectivity index (χ4n) is 1.60. The van der Waals surface area contributed by atoms with Gasteiger partial charge in [-0.15, -0.1) is 0 Å². The first-order valence-corrected chi connectivity index (χ1v) is 5.14. The second kappa shape index (κ2) is 3.71. The summed E-state index contributed by atoms with van der Waals surface area (Å²) in [7, 11) is 0. The fourth-order valence-corrected chi connectivity index (χ4v) is 1.82. The molecule has 1 N–H and O–H groups in total. The third-order valence-corrected chi connectivity index (χ3v) is 2.74. The monoisotopic (exact) mass is 267 g/mol. The molecule has 8 heteroatoms. The number of halogens is 4. The van der Waals surface area contributed by atoms with Crippen LogP contribution in [0.15, 0.2) is 6.07 Å². The highest BCUT2D eigenvalue weighted by Crippen LogP contribution is 2.39. The zero-order valence-corrected chi connectivity index (χ0v) is 9.55. The number of hydrogen-bond acceptors (Lipinski definition) is 4. The van der Waals surface area contributed by atoms with Gasteiger partial charge < -0.3 is 10.0 Å². The highest BCUT2D eigenvalue weighted by atomic mass is 35.5. The number of aryl methyl sites for hydroxylation is 1. The van der Waals surface area contributed by atoms with Crippen LogP contribution in [-0.4, -0.2) is 39.9 Å². The number of β-amino-alcohol motifs (C(OH)–C–C–N with tert-alkyl or cyclic N) is 1. The molecule has 1 fully saturated rings. The number of rotatable bonds is 1. The third-order valence-electron chi connectivity index (χ3n) is 2.55. The Morgan fingerprint density at radius 1 is 1.41 bits per heavy atom. The van der Waals surface area contributed by atoms with E-state index in [2.05, 4.69) is 9.97 Å². The smallest absolute Gasteiger partial charge is 0.378 e. The number of aliphatic hydroxyl groups is 1. The maximum Gasteiger partial charge on any atom is 0.420 e. The first kappa shape index (κ1) is 12.4. The summed E-state index contributed by atoms with van der Waals surface area (Å²) in [4.78, 5) is 9.06. The van der Waals surface area contributed by atoms with Gasteiger partial charge in [0.1, 0.15) is 16.8 Å². The fraction of sp³-hybridized carbons (Fsp3) is 0.556. The number of aromatic nitrogens is 2. The summed E-state index contributed by atoms with van der Waals surface area (Å²) >= 11 is 5.67. The molecule has 1 aliphatic heterocycles. The highest BCUT2D eigenvalue weighted by Gasteiger charge is 2.61.